The van der Waals surface area contributed by atoms with Gasteiger partial charge in [-0.3, -0.25) is 4.79 Å². The first kappa shape index (κ1) is 15.2. The molecule has 0 aliphatic carbocycles. The van der Waals surface area contributed by atoms with E-state index in [4.69, 9.17) is 23.2 Å². The quantitative estimate of drug-likeness (QED) is 0.903. The molecule has 1 aromatic heterocycles. The summed E-state index contributed by atoms with van der Waals surface area (Å²) in [5.74, 6) is -0.0617. The van der Waals surface area contributed by atoms with E-state index in [1.165, 1.54) is 4.90 Å². The highest BCUT2D eigenvalue weighted by Gasteiger charge is 2.13. The van der Waals surface area contributed by atoms with Gasteiger partial charge in [-0.2, -0.15) is 0 Å². The second-order valence-electron chi connectivity index (χ2n) is 4.47. The van der Waals surface area contributed by atoms with Gasteiger partial charge in [-0.15, -0.1) is 11.3 Å². The largest absolute Gasteiger partial charge is 0.379 e. The molecule has 6 heteroatoms. The minimum absolute atomic E-state index is 0.0617. The molecule has 3 nitrogen and oxygen atoms in total. The predicted octanol–water partition coefficient (Wildman–Crippen LogP) is 4.37. The Morgan fingerprint density at radius 1 is 1.25 bits per heavy atom. The van der Waals surface area contributed by atoms with Crippen LogP contribution >= 0.6 is 34.5 Å². The van der Waals surface area contributed by atoms with E-state index in [2.05, 4.69) is 5.32 Å². The molecule has 0 aliphatic rings. The molecule has 2 rings (SSSR count). The molecule has 0 saturated carbocycles. The van der Waals surface area contributed by atoms with E-state index in [-0.39, 0.29) is 5.91 Å². The van der Waals surface area contributed by atoms with Gasteiger partial charge >= 0.3 is 0 Å². The highest BCUT2D eigenvalue weighted by Crippen LogP contribution is 2.25. The highest BCUT2D eigenvalue weighted by molar-refractivity contribution is 7.10. The molecule has 20 heavy (non-hydrogen) atoms. The van der Waals surface area contributed by atoms with Crippen LogP contribution in [0.3, 0.4) is 0 Å². The molecule has 0 aliphatic heterocycles. The molecule has 106 valence electrons. The number of hydrogen-bond donors (Lipinski definition) is 1. The number of amides is 1. The molecule has 1 N–H and O–H groups in total. The number of benzene rings is 1. The number of anilines is 1. The molecule has 1 heterocycles. The second-order valence-corrected chi connectivity index (χ2v) is 6.34. The minimum atomic E-state index is -0.0617. The Bertz CT molecular complexity index is 625. The van der Waals surface area contributed by atoms with E-state index in [1.54, 1.807) is 43.6 Å². The van der Waals surface area contributed by atoms with Crippen LogP contribution in [0.15, 0.2) is 29.6 Å². The normalized spacial score (nSPS) is 10.4. The maximum atomic E-state index is 12.1. The lowest BCUT2D eigenvalue weighted by atomic mass is 10.1. The molecular formula is C14H14Cl2N2OS. The summed E-state index contributed by atoms with van der Waals surface area (Å²) in [4.78, 5) is 14.8. The fraction of sp³-hybridized carbons (Fsp3) is 0.214. The molecule has 2 aromatic rings. The number of carbonyl (C=O) groups is 1. The smallest absolute Gasteiger partial charge is 0.255 e. The van der Waals surface area contributed by atoms with Gasteiger partial charge in [0.2, 0.25) is 0 Å². The SMILES string of the molecule is CN(C)C(=O)c1ccc(Cl)cc1NCc1cc(Cl)cs1. The van der Waals surface area contributed by atoms with Crippen molar-refractivity contribution in [3.63, 3.8) is 0 Å². The molecule has 0 radical (unpaired) electrons. The van der Waals surface area contributed by atoms with Crippen molar-refractivity contribution < 1.29 is 4.79 Å². The van der Waals surface area contributed by atoms with Crippen LogP contribution < -0.4 is 5.32 Å². The summed E-state index contributed by atoms with van der Waals surface area (Å²) in [6.45, 7) is 0.603. The van der Waals surface area contributed by atoms with Crippen molar-refractivity contribution in [3.8, 4) is 0 Å². The number of thiophene rings is 1. The zero-order chi connectivity index (χ0) is 14.7. The zero-order valence-electron chi connectivity index (χ0n) is 11.1. The van der Waals surface area contributed by atoms with Crippen LogP contribution in [0, 0.1) is 0 Å². The first-order valence-corrected chi connectivity index (χ1v) is 7.59. The fourth-order valence-electron chi connectivity index (χ4n) is 1.72. The third kappa shape index (κ3) is 3.66. The number of nitrogens with zero attached hydrogens (tertiary/aromatic N) is 1. The molecule has 0 bridgehead atoms. The maximum absolute atomic E-state index is 12.1. The molecule has 1 amide bonds. The van der Waals surface area contributed by atoms with Crippen molar-refractivity contribution in [2.45, 2.75) is 6.54 Å². The topological polar surface area (TPSA) is 32.3 Å². The number of rotatable bonds is 4. The summed E-state index contributed by atoms with van der Waals surface area (Å²) in [5.41, 5.74) is 1.32. The van der Waals surface area contributed by atoms with Gasteiger partial charge in [-0.25, -0.2) is 0 Å². The van der Waals surface area contributed by atoms with Crippen molar-refractivity contribution in [2.75, 3.05) is 19.4 Å². The van der Waals surface area contributed by atoms with Gasteiger partial charge in [0.05, 0.1) is 10.6 Å². The van der Waals surface area contributed by atoms with E-state index in [9.17, 15) is 4.79 Å². The fourth-order valence-corrected chi connectivity index (χ4v) is 2.90. The number of halogens is 2. The van der Waals surface area contributed by atoms with Crippen molar-refractivity contribution in [1.82, 2.24) is 4.90 Å². The van der Waals surface area contributed by atoms with Crippen molar-refractivity contribution in [1.29, 1.82) is 0 Å². The summed E-state index contributed by atoms with van der Waals surface area (Å²) in [5, 5.41) is 6.43. The van der Waals surface area contributed by atoms with Crippen LogP contribution in [0.5, 0.6) is 0 Å². The Labute approximate surface area is 132 Å². The average molecular weight is 329 g/mol. The molecular weight excluding hydrogens is 315 g/mol. The van der Waals surface area contributed by atoms with E-state index >= 15 is 0 Å². The minimum Gasteiger partial charge on any atom is -0.379 e. The maximum Gasteiger partial charge on any atom is 0.255 e. The lowest BCUT2D eigenvalue weighted by molar-refractivity contribution is 0.0828. The summed E-state index contributed by atoms with van der Waals surface area (Å²) in [6.07, 6.45) is 0. The van der Waals surface area contributed by atoms with Gasteiger partial charge in [0.25, 0.3) is 5.91 Å². The third-order valence-corrected chi connectivity index (χ3v) is 4.21. The van der Waals surface area contributed by atoms with E-state index in [0.29, 0.717) is 17.1 Å². The predicted molar refractivity (Wildman–Crippen MR) is 86.1 cm³/mol. The zero-order valence-corrected chi connectivity index (χ0v) is 13.4. The molecule has 0 saturated heterocycles. The average Bonchev–Trinajstić information content (AvgIpc) is 2.81. The summed E-state index contributed by atoms with van der Waals surface area (Å²) in [7, 11) is 3.44. The third-order valence-electron chi connectivity index (χ3n) is 2.69. The Morgan fingerprint density at radius 2 is 2.00 bits per heavy atom. The number of hydrogen-bond acceptors (Lipinski definition) is 3. The molecule has 0 atom stereocenters. The molecule has 0 unspecified atom stereocenters. The summed E-state index contributed by atoms with van der Waals surface area (Å²) >= 11 is 13.5. The summed E-state index contributed by atoms with van der Waals surface area (Å²) < 4.78 is 0. The van der Waals surface area contributed by atoms with Gasteiger partial charge in [0.15, 0.2) is 0 Å². The van der Waals surface area contributed by atoms with Crippen molar-refractivity contribution in [2.24, 2.45) is 0 Å². The van der Waals surface area contributed by atoms with Gasteiger partial charge in [-0.1, -0.05) is 23.2 Å². The van der Waals surface area contributed by atoms with Crippen molar-refractivity contribution in [3.05, 3.63) is 50.1 Å². The van der Waals surface area contributed by atoms with Crippen LogP contribution in [-0.4, -0.2) is 24.9 Å². The second kappa shape index (κ2) is 6.48. The van der Waals surface area contributed by atoms with Gasteiger partial charge in [0.1, 0.15) is 0 Å². The van der Waals surface area contributed by atoms with E-state index in [1.807, 2.05) is 11.4 Å². The Kier molecular flexibility index (Phi) is 4.91. The van der Waals surface area contributed by atoms with Gasteiger partial charge < -0.3 is 10.2 Å². The van der Waals surface area contributed by atoms with Crippen LogP contribution in [0.25, 0.3) is 0 Å². The molecule has 1 aromatic carbocycles. The monoisotopic (exact) mass is 328 g/mol. The number of carbonyl (C=O) groups excluding carboxylic acids is 1. The van der Waals surface area contributed by atoms with Crippen LogP contribution in [0.4, 0.5) is 5.69 Å². The van der Waals surface area contributed by atoms with Gasteiger partial charge in [0, 0.05) is 41.6 Å². The van der Waals surface area contributed by atoms with Crippen LogP contribution in [-0.2, 0) is 6.54 Å². The van der Waals surface area contributed by atoms with Crippen LogP contribution in [0.2, 0.25) is 10.0 Å². The van der Waals surface area contributed by atoms with E-state index < -0.39 is 0 Å². The number of nitrogens with one attached hydrogen (secondary N) is 1. The molecule has 0 spiro atoms. The first-order valence-electron chi connectivity index (χ1n) is 5.95. The first-order chi connectivity index (χ1) is 9.47. The lowest BCUT2D eigenvalue weighted by Crippen LogP contribution is -2.22. The van der Waals surface area contributed by atoms with Gasteiger partial charge in [-0.05, 0) is 24.3 Å². The van der Waals surface area contributed by atoms with Crippen LogP contribution in [0.1, 0.15) is 15.2 Å². The Morgan fingerprint density at radius 3 is 2.60 bits per heavy atom. The molecule has 0 fully saturated rings. The summed E-state index contributed by atoms with van der Waals surface area (Å²) in [6, 6.07) is 7.10. The van der Waals surface area contributed by atoms with Crippen molar-refractivity contribution >= 4 is 46.1 Å². The Hall–Kier alpha value is -1.23. The highest BCUT2D eigenvalue weighted by atomic mass is 35.5. The standard InChI is InChI=1S/C14H14Cl2N2OS/c1-18(2)14(19)12-4-3-9(15)6-13(12)17-7-11-5-10(16)8-20-11/h3-6,8,17H,7H2,1-2H3. The lowest BCUT2D eigenvalue weighted by Gasteiger charge is -2.15. The Balaban J connectivity index is 2.21. The van der Waals surface area contributed by atoms with E-state index in [0.717, 1.165) is 15.6 Å².